The number of carbonyl (C=O) groups excluding carboxylic acids is 1. The van der Waals surface area contributed by atoms with Gasteiger partial charge in [0, 0.05) is 10.8 Å². The third kappa shape index (κ3) is 4.57. The average molecular weight is 396 g/mol. The average Bonchev–Trinajstić information content (AvgIpc) is 2.62. The van der Waals surface area contributed by atoms with Gasteiger partial charge in [-0.05, 0) is 39.8 Å². The van der Waals surface area contributed by atoms with Crippen molar-refractivity contribution >= 4 is 28.2 Å². The third-order valence-corrected chi connectivity index (χ3v) is 3.88. The van der Waals surface area contributed by atoms with Gasteiger partial charge in [0.2, 0.25) is 0 Å². The van der Waals surface area contributed by atoms with Gasteiger partial charge in [0.1, 0.15) is 23.4 Å². The number of nitro groups is 1. The smallest absolute Gasteiger partial charge is 0.412 e. The van der Waals surface area contributed by atoms with E-state index in [0.29, 0.717) is 22.2 Å². The van der Waals surface area contributed by atoms with Crippen molar-refractivity contribution in [3.63, 3.8) is 0 Å². The number of ether oxygens (including phenoxy) is 2. The summed E-state index contributed by atoms with van der Waals surface area (Å²) in [5.74, 6) is 0.206. The first-order valence-electron chi connectivity index (χ1n) is 8.81. The molecular formula is C20H20N4O5. The molecule has 150 valence electrons. The maximum Gasteiger partial charge on any atom is 0.412 e. The fourth-order valence-corrected chi connectivity index (χ4v) is 2.72. The summed E-state index contributed by atoms with van der Waals surface area (Å²) >= 11 is 0. The van der Waals surface area contributed by atoms with Crippen LogP contribution in [-0.2, 0) is 4.74 Å². The summed E-state index contributed by atoms with van der Waals surface area (Å²) in [6, 6.07) is 10.4. The highest BCUT2D eigenvalue weighted by molar-refractivity contribution is 6.02. The minimum atomic E-state index is -0.632. The van der Waals surface area contributed by atoms with Crippen molar-refractivity contribution in [1.82, 2.24) is 9.97 Å². The van der Waals surface area contributed by atoms with Gasteiger partial charge in [-0.2, -0.15) is 4.98 Å². The van der Waals surface area contributed by atoms with Gasteiger partial charge in [-0.1, -0.05) is 24.3 Å². The van der Waals surface area contributed by atoms with Crippen LogP contribution in [0.5, 0.6) is 11.6 Å². The van der Waals surface area contributed by atoms with Crippen molar-refractivity contribution < 1.29 is 19.2 Å². The zero-order valence-corrected chi connectivity index (χ0v) is 16.4. The molecular weight excluding hydrogens is 376 g/mol. The zero-order chi connectivity index (χ0) is 21.2. The molecule has 0 bridgehead atoms. The van der Waals surface area contributed by atoms with Crippen molar-refractivity contribution in [2.75, 3.05) is 5.32 Å². The van der Waals surface area contributed by atoms with Gasteiger partial charge in [0.25, 0.3) is 0 Å². The normalized spacial score (nSPS) is 11.2. The topological polar surface area (TPSA) is 116 Å². The molecule has 9 heteroatoms. The zero-order valence-electron chi connectivity index (χ0n) is 16.4. The molecule has 0 saturated heterocycles. The Morgan fingerprint density at radius 2 is 1.79 bits per heavy atom. The molecule has 1 N–H and O–H groups in total. The number of nitrogens with one attached hydrogen (secondary N) is 1. The summed E-state index contributed by atoms with van der Waals surface area (Å²) in [5.41, 5.74) is -0.206. The Bertz CT molecular complexity index is 1090. The van der Waals surface area contributed by atoms with E-state index < -0.39 is 16.6 Å². The number of nitrogens with zero attached hydrogens (tertiary/aromatic N) is 3. The van der Waals surface area contributed by atoms with Gasteiger partial charge in [0.05, 0.1) is 10.6 Å². The Hall–Kier alpha value is -3.75. The Morgan fingerprint density at radius 3 is 2.45 bits per heavy atom. The highest BCUT2D eigenvalue weighted by Gasteiger charge is 2.23. The molecule has 0 aliphatic heterocycles. The number of fused-ring (bicyclic) bond motifs is 1. The van der Waals surface area contributed by atoms with Crippen LogP contribution in [0.4, 0.5) is 16.2 Å². The molecule has 3 aromatic rings. The highest BCUT2D eigenvalue weighted by atomic mass is 16.6. The third-order valence-electron chi connectivity index (χ3n) is 3.88. The van der Waals surface area contributed by atoms with E-state index in [1.165, 1.54) is 13.3 Å². The summed E-state index contributed by atoms with van der Waals surface area (Å²) in [6.07, 6.45) is 0.622. The molecule has 0 aliphatic carbocycles. The first-order chi connectivity index (χ1) is 13.7. The summed E-state index contributed by atoms with van der Waals surface area (Å²) < 4.78 is 11.1. The van der Waals surface area contributed by atoms with Gasteiger partial charge < -0.3 is 9.47 Å². The lowest BCUT2D eigenvalue weighted by molar-refractivity contribution is -0.386. The summed E-state index contributed by atoms with van der Waals surface area (Å²) in [7, 11) is 0. The molecule has 1 amide bonds. The minimum Gasteiger partial charge on any atom is -0.444 e. The van der Waals surface area contributed by atoms with E-state index >= 15 is 0 Å². The van der Waals surface area contributed by atoms with E-state index in [1.54, 1.807) is 51.1 Å². The van der Waals surface area contributed by atoms with Crippen molar-refractivity contribution in [2.24, 2.45) is 0 Å². The number of hydrogen-bond donors (Lipinski definition) is 1. The maximum atomic E-state index is 12.1. The van der Waals surface area contributed by atoms with Crippen LogP contribution in [0.3, 0.4) is 0 Å². The van der Waals surface area contributed by atoms with Crippen LogP contribution in [0.1, 0.15) is 26.5 Å². The predicted molar refractivity (Wildman–Crippen MR) is 107 cm³/mol. The molecule has 2 aromatic carbocycles. The molecule has 0 radical (unpaired) electrons. The standard InChI is InChI=1S/C20H20N4O5/c1-12-17(24(26)27)18(22-11-21-12)28-16-10-9-15(13-7-5-6-8-14(13)16)23-19(25)29-20(2,3)4/h5-11H,1-4H3,(H,23,25). The molecule has 0 unspecified atom stereocenters. The lowest BCUT2D eigenvalue weighted by atomic mass is 10.1. The first-order valence-corrected chi connectivity index (χ1v) is 8.81. The molecule has 1 aromatic heterocycles. The molecule has 0 fully saturated rings. The van der Waals surface area contributed by atoms with Gasteiger partial charge >= 0.3 is 17.7 Å². The molecule has 1 heterocycles. The second-order valence-electron chi connectivity index (χ2n) is 7.26. The Balaban J connectivity index is 2.00. The van der Waals surface area contributed by atoms with Crippen LogP contribution >= 0.6 is 0 Å². The second kappa shape index (κ2) is 7.70. The van der Waals surface area contributed by atoms with Crippen molar-refractivity contribution in [3.05, 3.63) is 58.5 Å². The number of anilines is 1. The van der Waals surface area contributed by atoms with Gasteiger partial charge in [-0.3, -0.25) is 15.4 Å². The second-order valence-corrected chi connectivity index (χ2v) is 7.26. The quantitative estimate of drug-likeness (QED) is 0.488. The van der Waals surface area contributed by atoms with Crippen LogP contribution in [0.15, 0.2) is 42.7 Å². The van der Waals surface area contributed by atoms with E-state index in [-0.39, 0.29) is 17.3 Å². The van der Waals surface area contributed by atoms with Gasteiger partial charge in [-0.25, -0.2) is 9.78 Å². The van der Waals surface area contributed by atoms with E-state index in [1.807, 2.05) is 6.07 Å². The predicted octanol–water partition coefficient (Wildman–Crippen LogP) is 4.99. The van der Waals surface area contributed by atoms with Crippen molar-refractivity contribution in [2.45, 2.75) is 33.3 Å². The van der Waals surface area contributed by atoms with Crippen LogP contribution in [0, 0.1) is 17.0 Å². The van der Waals surface area contributed by atoms with Gasteiger partial charge in [0.15, 0.2) is 0 Å². The van der Waals surface area contributed by atoms with Gasteiger partial charge in [-0.15, -0.1) is 0 Å². The number of hydrogen-bond acceptors (Lipinski definition) is 7. The lowest BCUT2D eigenvalue weighted by Crippen LogP contribution is -2.27. The molecule has 9 nitrogen and oxygen atoms in total. The summed E-state index contributed by atoms with van der Waals surface area (Å²) in [4.78, 5) is 30.7. The Morgan fingerprint density at radius 1 is 1.10 bits per heavy atom. The van der Waals surface area contributed by atoms with E-state index in [2.05, 4.69) is 15.3 Å². The fourth-order valence-electron chi connectivity index (χ4n) is 2.72. The van der Waals surface area contributed by atoms with E-state index in [9.17, 15) is 14.9 Å². The largest absolute Gasteiger partial charge is 0.444 e. The molecule has 29 heavy (non-hydrogen) atoms. The number of rotatable bonds is 4. The Labute approximate surface area is 166 Å². The van der Waals surface area contributed by atoms with Crippen LogP contribution in [-0.4, -0.2) is 26.6 Å². The van der Waals surface area contributed by atoms with Crippen LogP contribution in [0.25, 0.3) is 10.8 Å². The molecule has 0 atom stereocenters. The summed E-state index contributed by atoms with van der Waals surface area (Å²) in [5, 5.41) is 15.4. The summed E-state index contributed by atoms with van der Waals surface area (Å²) in [6.45, 7) is 6.84. The van der Waals surface area contributed by atoms with Crippen LogP contribution < -0.4 is 10.1 Å². The molecule has 3 rings (SSSR count). The SMILES string of the molecule is Cc1ncnc(Oc2ccc(NC(=O)OC(C)(C)C)c3ccccc23)c1[N+](=O)[O-]. The molecule has 0 saturated carbocycles. The molecule has 0 spiro atoms. The number of aromatic nitrogens is 2. The maximum absolute atomic E-state index is 12.1. The van der Waals surface area contributed by atoms with E-state index in [0.717, 1.165) is 0 Å². The highest BCUT2D eigenvalue weighted by Crippen LogP contribution is 2.37. The first kappa shape index (κ1) is 20.0. The van der Waals surface area contributed by atoms with E-state index in [4.69, 9.17) is 9.47 Å². The fraction of sp³-hybridized carbons (Fsp3) is 0.250. The van der Waals surface area contributed by atoms with Crippen molar-refractivity contribution in [1.29, 1.82) is 0 Å². The van der Waals surface area contributed by atoms with Crippen LogP contribution in [0.2, 0.25) is 0 Å². The molecule has 0 aliphatic rings. The number of benzene rings is 2. The minimum absolute atomic E-state index is 0.152. The number of aryl methyl sites for hydroxylation is 1. The monoisotopic (exact) mass is 396 g/mol. The lowest BCUT2D eigenvalue weighted by Gasteiger charge is -2.20. The number of amides is 1. The number of carbonyl (C=O) groups is 1. The van der Waals surface area contributed by atoms with Crippen molar-refractivity contribution in [3.8, 4) is 11.6 Å². The Kier molecular flexibility index (Phi) is 5.31.